The van der Waals surface area contributed by atoms with E-state index in [1.165, 1.54) is 0 Å². The average Bonchev–Trinajstić information content (AvgIpc) is 2.48. The van der Waals surface area contributed by atoms with E-state index in [4.69, 9.17) is 0 Å². The predicted molar refractivity (Wildman–Crippen MR) is 87.4 cm³/mol. The van der Waals surface area contributed by atoms with Crippen LogP contribution in [0.25, 0.3) is 0 Å². The van der Waals surface area contributed by atoms with E-state index in [-0.39, 0.29) is 29.0 Å². The van der Waals surface area contributed by atoms with Gasteiger partial charge in [0.05, 0.1) is 10.6 Å². The van der Waals surface area contributed by atoms with Gasteiger partial charge in [-0.1, -0.05) is 24.6 Å². The topological polar surface area (TPSA) is 63.2 Å². The molecule has 0 spiro atoms. The Labute approximate surface area is 133 Å². The van der Waals surface area contributed by atoms with Crippen molar-refractivity contribution in [2.24, 2.45) is 5.92 Å². The normalized spacial score (nSPS) is 22.3. The maximum atomic E-state index is 12.2. The molecule has 0 heterocycles. The van der Waals surface area contributed by atoms with Crippen LogP contribution in [-0.4, -0.2) is 26.1 Å². The summed E-state index contributed by atoms with van der Waals surface area (Å²) >= 11 is 0. The van der Waals surface area contributed by atoms with Crippen LogP contribution in [0.4, 0.5) is 0 Å². The number of benzene rings is 1. The molecule has 4 nitrogen and oxygen atoms in total. The Morgan fingerprint density at radius 1 is 1.14 bits per heavy atom. The van der Waals surface area contributed by atoms with E-state index >= 15 is 0 Å². The smallest absolute Gasteiger partial charge is 0.221 e. The second-order valence-electron chi connectivity index (χ2n) is 6.41. The van der Waals surface area contributed by atoms with E-state index < -0.39 is 9.84 Å². The second-order valence-corrected chi connectivity index (χ2v) is 8.52. The van der Waals surface area contributed by atoms with Gasteiger partial charge in [0.25, 0.3) is 0 Å². The number of carbonyl (C=O) groups is 1. The van der Waals surface area contributed by atoms with Crippen LogP contribution in [0.3, 0.4) is 0 Å². The van der Waals surface area contributed by atoms with E-state index in [1.54, 1.807) is 24.3 Å². The Hall–Kier alpha value is -1.36. The van der Waals surface area contributed by atoms with Crippen LogP contribution < -0.4 is 5.32 Å². The van der Waals surface area contributed by atoms with Crippen molar-refractivity contribution in [1.82, 2.24) is 5.32 Å². The highest BCUT2D eigenvalue weighted by Gasteiger charge is 2.21. The Bertz CT molecular complexity index is 599. The molecule has 1 fully saturated rings. The van der Waals surface area contributed by atoms with E-state index in [1.807, 2.05) is 6.92 Å². The first-order chi connectivity index (χ1) is 10.4. The van der Waals surface area contributed by atoms with Gasteiger partial charge in [0.2, 0.25) is 5.91 Å². The van der Waals surface area contributed by atoms with Crippen molar-refractivity contribution in [3.63, 3.8) is 0 Å². The standard InChI is InChI=1S/C17H25NO3S/c1-13-3-7-15(8-4-13)18-17(19)11-12-22(20,21)16-9-5-14(2)6-10-16/h5-6,9-10,13,15H,3-4,7-8,11-12H2,1-2H3,(H,18,19). The molecule has 0 unspecified atom stereocenters. The van der Waals surface area contributed by atoms with Gasteiger partial charge in [-0.2, -0.15) is 0 Å². The van der Waals surface area contributed by atoms with Gasteiger partial charge in [-0.3, -0.25) is 4.79 Å². The summed E-state index contributed by atoms with van der Waals surface area (Å²) in [5, 5.41) is 2.97. The fraction of sp³-hybridized carbons (Fsp3) is 0.588. The monoisotopic (exact) mass is 323 g/mol. The van der Waals surface area contributed by atoms with Crippen molar-refractivity contribution < 1.29 is 13.2 Å². The lowest BCUT2D eigenvalue weighted by Crippen LogP contribution is -2.38. The Balaban J connectivity index is 1.83. The van der Waals surface area contributed by atoms with Crippen LogP contribution in [-0.2, 0) is 14.6 Å². The number of aryl methyl sites for hydroxylation is 1. The fourth-order valence-electron chi connectivity index (χ4n) is 2.79. The van der Waals surface area contributed by atoms with Crippen LogP contribution in [0.1, 0.15) is 44.6 Å². The third-order valence-electron chi connectivity index (χ3n) is 4.36. The van der Waals surface area contributed by atoms with Gasteiger partial charge < -0.3 is 5.32 Å². The van der Waals surface area contributed by atoms with E-state index in [9.17, 15) is 13.2 Å². The SMILES string of the molecule is Cc1ccc(S(=O)(=O)CCC(=O)NC2CCC(C)CC2)cc1. The zero-order valence-electron chi connectivity index (χ0n) is 13.3. The quantitative estimate of drug-likeness (QED) is 0.906. The predicted octanol–water partition coefficient (Wildman–Crippen LogP) is 2.85. The van der Waals surface area contributed by atoms with Gasteiger partial charge in [-0.25, -0.2) is 8.42 Å². The zero-order valence-corrected chi connectivity index (χ0v) is 14.2. The van der Waals surface area contributed by atoms with E-state index in [0.29, 0.717) is 0 Å². The van der Waals surface area contributed by atoms with Crippen molar-refractivity contribution >= 4 is 15.7 Å². The van der Waals surface area contributed by atoms with Gasteiger partial charge in [-0.15, -0.1) is 0 Å². The van der Waals surface area contributed by atoms with Gasteiger partial charge in [0.15, 0.2) is 9.84 Å². The molecule has 122 valence electrons. The minimum atomic E-state index is -3.38. The first-order valence-corrected chi connectivity index (χ1v) is 9.61. The molecule has 0 saturated heterocycles. The second kappa shape index (κ2) is 7.27. The molecule has 0 atom stereocenters. The number of amides is 1. The Morgan fingerprint density at radius 3 is 2.32 bits per heavy atom. The summed E-state index contributed by atoms with van der Waals surface area (Å²) in [5.41, 5.74) is 1.02. The van der Waals surface area contributed by atoms with Crippen molar-refractivity contribution in [2.45, 2.75) is 56.9 Å². The molecule has 0 radical (unpaired) electrons. The first kappa shape index (κ1) is 17.0. The average molecular weight is 323 g/mol. The summed E-state index contributed by atoms with van der Waals surface area (Å²) in [4.78, 5) is 12.2. The molecule has 22 heavy (non-hydrogen) atoms. The fourth-order valence-corrected chi connectivity index (χ4v) is 4.04. The number of hydrogen-bond acceptors (Lipinski definition) is 3. The van der Waals surface area contributed by atoms with Crippen LogP contribution >= 0.6 is 0 Å². The lowest BCUT2D eigenvalue weighted by atomic mass is 9.87. The molecule has 1 aromatic rings. The highest BCUT2D eigenvalue weighted by Crippen LogP contribution is 2.23. The number of nitrogens with one attached hydrogen (secondary N) is 1. The number of rotatable bonds is 5. The largest absolute Gasteiger partial charge is 0.353 e. The molecule has 2 rings (SSSR count). The van der Waals surface area contributed by atoms with Gasteiger partial charge in [0.1, 0.15) is 0 Å². The lowest BCUT2D eigenvalue weighted by molar-refractivity contribution is -0.121. The summed E-state index contributed by atoms with van der Waals surface area (Å²) in [6, 6.07) is 6.97. The highest BCUT2D eigenvalue weighted by atomic mass is 32.2. The minimum Gasteiger partial charge on any atom is -0.353 e. The van der Waals surface area contributed by atoms with Crippen LogP contribution in [0.5, 0.6) is 0 Å². The first-order valence-electron chi connectivity index (χ1n) is 7.95. The third-order valence-corrected chi connectivity index (χ3v) is 6.09. The third kappa shape index (κ3) is 4.83. The Morgan fingerprint density at radius 2 is 1.73 bits per heavy atom. The van der Waals surface area contributed by atoms with Crippen molar-refractivity contribution in [2.75, 3.05) is 5.75 Å². The van der Waals surface area contributed by atoms with Crippen molar-refractivity contribution in [3.05, 3.63) is 29.8 Å². The summed E-state index contributed by atoms with van der Waals surface area (Å²) in [6.45, 7) is 4.14. The summed E-state index contributed by atoms with van der Waals surface area (Å²) in [5.74, 6) is 0.440. The minimum absolute atomic E-state index is 0.0300. The zero-order chi connectivity index (χ0) is 16.2. The van der Waals surface area contributed by atoms with E-state index in [2.05, 4.69) is 12.2 Å². The molecule has 1 aliphatic carbocycles. The van der Waals surface area contributed by atoms with Crippen molar-refractivity contribution in [3.8, 4) is 0 Å². The molecular formula is C17H25NO3S. The maximum Gasteiger partial charge on any atom is 0.221 e. The lowest BCUT2D eigenvalue weighted by Gasteiger charge is -2.26. The van der Waals surface area contributed by atoms with Crippen LogP contribution in [0.15, 0.2) is 29.2 Å². The Kier molecular flexibility index (Phi) is 5.62. The molecule has 0 aromatic heterocycles. The highest BCUT2D eigenvalue weighted by molar-refractivity contribution is 7.91. The summed E-state index contributed by atoms with van der Waals surface area (Å²) in [6.07, 6.45) is 4.29. The van der Waals surface area contributed by atoms with E-state index in [0.717, 1.165) is 37.2 Å². The molecule has 0 aliphatic heterocycles. The molecule has 1 amide bonds. The van der Waals surface area contributed by atoms with Crippen LogP contribution in [0, 0.1) is 12.8 Å². The number of sulfone groups is 1. The molecule has 1 aromatic carbocycles. The van der Waals surface area contributed by atoms with Gasteiger partial charge in [-0.05, 0) is 50.7 Å². The molecule has 1 saturated carbocycles. The summed E-state index contributed by atoms with van der Waals surface area (Å²) in [7, 11) is -3.38. The summed E-state index contributed by atoms with van der Waals surface area (Å²) < 4.78 is 24.4. The van der Waals surface area contributed by atoms with Gasteiger partial charge in [0, 0.05) is 12.5 Å². The number of carbonyl (C=O) groups excluding carboxylic acids is 1. The molecule has 1 aliphatic rings. The van der Waals surface area contributed by atoms with Gasteiger partial charge >= 0.3 is 0 Å². The van der Waals surface area contributed by atoms with Crippen molar-refractivity contribution in [1.29, 1.82) is 0 Å². The molecular weight excluding hydrogens is 298 g/mol. The molecule has 5 heteroatoms. The maximum absolute atomic E-state index is 12.2. The molecule has 0 bridgehead atoms. The van der Waals surface area contributed by atoms with Crippen LogP contribution in [0.2, 0.25) is 0 Å². The molecule has 1 N–H and O–H groups in total. The number of hydrogen-bond donors (Lipinski definition) is 1.